The van der Waals surface area contributed by atoms with Crippen LogP contribution < -0.4 is 11.1 Å². The predicted octanol–water partition coefficient (Wildman–Crippen LogP) is 1.21. The molecule has 1 aromatic heterocycles. The molecule has 1 aromatic rings. The zero-order valence-electron chi connectivity index (χ0n) is 11.7. The van der Waals surface area contributed by atoms with Crippen molar-refractivity contribution < 1.29 is 4.79 Å². The van der Waals surface area contributed by atoms with Gasteiger partial charge in [-0.05, 0) is 46.1 Å². The van der Waals surface area contributed by atoms with Crippen molar-refractivity contribution in [3.05, 3.63) is 18.0 Å². The number of nitrogens with zero attached hydrogens (tertiary/aromatic N) is 2. The van der Waals surface area contributed by atoms with Gasteiger partial charge in [0.1, 0.15) is 0 Å². The average molecular weight is 252 g/mol. The molecule has 102 valence electrons. The van der Waals surface area contributed by atoms with Gasteiger partial charge in [-0.3, -0.25) is 9.48 Å². The molecule has 0 radical (unpaired) electrons. The molecule has 0 aliphatic carbocycles. The first-order valence-electron chi connectivity index (χ1n) is 6.40. The number of hydrogen-bond acceptors (Lipinski definition) is 3. The molecule has 1 atom stereocenters. The van der Waals surface area contributed by atoms with Gasteiger partial charge < -0.3 is 11.1 Å². The van der Waals surface area contributed by atoms with Gasteiger partial charge in [-0.2, -0.15) is 5.10 Å². The number of amides is 1. The number of nitrogens with one attached hydrogen (secondary N) is 1. The summed E-state index contributed by atoms with van der Waals surface area (Å²) in [7, 11) is 0. The standard InChI is InChI=1S/C13H24N4O/c1-10(2)16-13(4,12(14)18)6-5-7-17-9-11(3)8-15-17/h8-10,16H,5-7H2,1-4H3,(H2,14,18). The fraction of sp³-hybridized carbons (Fsp3) is 0.692. The molecule has 5 nitrogen and oxygen atoms in total. The van der Waals surface area contributed by atoms with Crippen LogP contribution in [0.4, 0.5) is 0 Å². The van der Waals surface area contributed by atoms with Crippen LogP contribution in [0.15, 0.2) is 12.4 Å². The molecule has 0 aliphatic heterocycles. The Morgan fingerprint density at radius 1 is 1.61 bits per heavy atom. The number of carbonyl (C=O) groups excluding carboxylic acids is 1. The number of aryl methyl sites for hydroxylation is 2. The highest BCUT2D eigenvalue weighted by Crippen LogP contribution is 2.14. The average Bonchev–Trinajstić information content (AvgIpc) is 2.63. The molecule has 0 saturated carbocycles. The summed E-state index contributed by atoms with van der Waals surface area (Å²) in [6.07, 6.45) is 5.40. The zero-order chi connectivity index (χ0) is 13.8. The van der Waals surface area contributed by atoms with E-state index >= 15 is 0 Å². The van der Waals surface area contributed by atoms with Crippen LogP contribution in [0, 0.1) is 6.92 Å². The highest BCUT2D eigenvalue weighted by molar-refractivity contribution is 5.84. The number of carbonyl (C=O) groups is 1. The Hall–Kier alpha value is -1.36. The van der Waals surface area contributed by atoms with E-state index in [0.717, 1.165) is 18.5 Å². The van der Waals surface area contributed by atoms with Crippen LogP contribution in [0.25, 0.3) is 0 Å². The molecule has 0 bridgehead atoms. The van der Waals surface area contributed by atoms with Crippen molar-refractivity contribution in [2.24, 2.45) is 5.73 Å². The van der Waals surface area contributed by atoms with Crippen LogP contribution in [-0.4, -0.2) is 27.3 Å². The van der Waals surface area contributed by atoms with Crippen molar-refractivity contribution >= 4 is 5.91 Å². The topological polar surface area (TPSA) is 72.9 Å². The third-order valence-electron chi connectivity index (χ3n) is 2.98. The van der Waals surface area contributed by atoms with E-state index in [1.165, 1.54) is 0 Å². The molecular formula is C13H24N4O. The maximum Gasteiger partial charge on any atom is 0.237 e. The van der Waals surface area contributed by atoms with Gasteiger partial charge in [-0.1, -0.05) is 0 Å². The molecule has 3 N–H and O–H groups in total. The van der Waals surface area contributed by atoms with Gasteiger partial charge in [0.05, 0.1) is 11.7 Å². The van der Waals surface area contributed by atoms with Crippen molar-refractivity contribution in [2.75, 3.05) is 0 Å². The highest BCUT2D eigenvalue weighted by atomic mass is 16.1. The molecule has 1 heterocycles. The summed E-state index contributed by atoms with van der Waals surface area (Å²) < 4.78 is 1.89. The monoisotopic (exact) mass is 252 g/mol. The molecule has 0 aliphatic rings. The van der Waals surface area contributed by atoms with Crippen LogP contribution in [0.3, 0.4) is 0 Å². The second kappa shape index (κ2) is 6.00. The maximum atomic E-state index is 11.5. The second-order valence-corrected chi connectivity index (χ2v) is 5.38. The summed E-state index contributed by atoms with van der Waals surface area (Å²) in [5, 5.41) is 7.46. The minimum Gasteiger partial charge on any atom is -0.368 e. The Balaban J connectivity index is 2.50. The minimum atomic E-state index is -0.642. The second-order valence-electron chi connectivity index (χ2n) is 5.38. The number of rotatable bonds is 7. The molecule has 18 heavy (non-hydrogen) atoms. The lowest BCUT2D eigenvalue weighted by atomic mass is 9.94. The molecule has 1 unspecified atom stereocenters. The van der Waals surface area contributed by atoms with Crippen molar-refractivity contribution in [1.82, 2.24) is 15.1 Å². The molecule has 0 fully saturated rings. The van der Waals surface area contributed by atoms with E-state index in [-0.39, 0.29) is 11.9 Å². The first-order valence-corrected chi connectivity index (χ1v) is 6.40. The lowest BCUT2D eigenvalue weighted by Gasteiger charge is -2.29. The van der Waals surface area contributed by atoms with Gasteiger partial charge in [0.25, 0.3) is 0 Å². The van der Waals surface area contributed by atoms with E-state index < -0.39 is 5.54 Å². The first-order chi connectivity index (χ1) is 8.33. The number of aromatic nitrogens is 2. The number of hydrogen-bond donors (Lipinski definition) is 2. The third-order valence-corrected chi connectivity index (χ3v) is 2.98. The third kappa shape index (κ3) is 4.14. The molecule has 0 aromatic carbocycles. The fourth-order valence-corrected chi connectivity index (χ4v) is 2.09. The van der Waals surface area contributed by atoms with E-state index in [2.05, 4.69) is 10.4 Å². The van der Waals surface area contributed by atoms with E-state index in [1.807, 2.05) is 44.8 Å². The van der Waals surface area contributed by atoms with Crippen LogP contribution in [0.1, 0.15) is 39.2 Å². The molecule has 5 heteroatoms. The lowest BCUT2D eigenvalue weighted by Crippen LogP contribution is -2.55. The van der Waals surface area contributed by atoms with E-state index in [1.54, 1.807) is 0 Å². The molecule has 1 amide bonds. The van der Waals surface area contributed by atoms with Crippen LogP contribution in [0.2, 0.25) is 0 Å². The minimum absolute atomic E-state index is 0.231. The summed E-state index contributed by atoms with van der Waals surface area (Å²) in [6, 6.07) is 0.231. The number of nitrogens with two attached hydrogens (primary N) is 1. The van der Waals surface area contributed by atoms with Crippen LogP contribution in [-0.2, 0) is 11.3 Å². The number of primary amides is 1. The van der Waals surface area contributed by atoms with Gasteiger partial charge >= 0.3 is 0 Å². The van der Waals surface area contributed by atoms with Gasteiger partial charge in [-0.25, -0.2) is 0 Å². The Bertz CT molecular complexity index is 399. The SMILES string of the molecule is Cc1cnn(CCCC(C)(NC(C)C)C(N)=O)c1. The normalized spacial score (nSPS) is 14.7. The van der Waals surface area contributed by atoms with Gasteiger partial charge in [0.2, 0.25) is 5.91 Å². The Labute approximate surface area is 109 Å². The summed E-state index contributed by atoms with van der Waals surface area (Å²) in [5.41, 5.74) is 5.98. The van der Waals surface area contributed by atoms with Crippen molar-refractivity contribution in [3.63, 3.8) is 0 Å². The van der Waals surface area contributed by atoms with Gasteiger partial charge in [0, 0.05) is 18.8 Å². The van der Waals surface area contributed by atoms with Crippen LogP contribution in [0.5, 0.6) is 0 Å². The first kappa shape index (κ1) is 14.7. The maximum absolute atomic E-state index is 11.5. The highest BCUT2D eigenvalue weighted by Gasteiger charge is 2.30. The van der Waals surface area contributed by atoms with Gasteiger partial charge in [0.15, 0.2) is 0 Å². The molecule has 1 rings (SSSR count). The smallest absolute Gasteiger partial charge is 0.237 e. The lowest BCUT2D eigenvalue weighted by molar-refractivity contribution is -0.124. The van der Waals surface area contributed by atoms with Gasteiger partial charge in [-0.15, -0.1) is 0 Å². The van der Waals surface area contributed by atoms with E-state index in [4.69, 9.17) is 5.73 Å². The molecule has 0 spiro atoms. The zero-order valence-corrected chi connectivity index (χ0v) is 11.7. The quantitative estimate of drug-likeness (QED) is 0.766. The largest absolute Gasteiger partial charge is 0.368 e. The summed E-state index contributed by atoms with van der Waals surface area (Å²) in [4.78, 5) is 11.5. The van der Waals surface area contributed by atoms with Crippen LogP contribution >= 0.6 is 0 Å². The molecule has 0 saturated heterocycles. The molecular weight excluding hydrogens is 228 g/mol. The Kier molecular flexibility index (Phi) is 4.90. The summed E-state index contributed by atoms with van der Waals surface area (Å²) in [6.45, 7) is 8.70. The van der Waals surface area contributed by atoms with Crippen molar-refractivity contribution in [3.8, 4) is 0 Å². The van der Waals surface area contributed by atoms with Crippen molar-refractivity contribution in [2.45, 2.75) is 58.7 Å². The summed E-state index contributed by atoms with van der Waals surface area (Å²) in [5.74, 6) is -0.298. The Morgan fingerprint density at radius 3 is 2.72 bits per heavy atom. The fourth-order valence-electron chi connectivity index (χ4n) is 2.09. The van der Waals surface area contributed by atoms with Crippen molar-refractivity contribution in [1.29, 1.82) is 0 Å². The van der Waals surface area contributed by atoms with E-state index in [9.17, 15) is 4.79 Å². The Morgan fingerprint density at radius 2 is 2.28 bits per heavy atom. The van der Waals surface area contributed by atoms with E-state index in [0.29, 0.717) is 6.42 Å². The predicted molar refractivity (Wildman–Crippen MR) is 72.1 cm³/mol. The summed E-state index contributed by atoms with van der Waals surface area (Å²) >= 11 is 0.